The first-order valence-electron chi connectivity index (χ1n) is 8.82. The van der Waals surface area contributed by atoms with Gasteiger partial charge < -0.3 is 14.5 Å². The van der Waals surface area contributed by atoms with Crippen molar-refractivity contribution in [3.8, 4) is 0 Å². The average Bonchev–Trinajstić information content (AvgIpc) is 2.62. The molecule has 0 amide bonds. The van der Waals surface area contributed by atoms with Gasteiger partial charge in [-0.2, -0.15) is 0 Å². The highest BCUT2D eigenvalue weighted by Gasteiger charge is 2.22. The van der Waals surface area contributed by atoms with Crippen molar-refractivity contribution >= 4 is 22.4 Å². The molecule has 0 N–H and O–H groups in total. The molecule has 0 saturated carbocycles. The van der Waals surface area contributed by atoms with Crippen LogP contribution in [0.2, 0.25) is 0 Å². The molecule has 3 heterocycles. The number of nitrogens with zero attached hydrogens (tertiary/aromatic N) is 3. The number of piperidine rings is 1. The Morgan fingerprint density at radius 2 is 1.91 bits per heavy atom. The van der Waals surface area contributed by atoms with Gasteiger partial charge in [0.25, 0.3) is 0 Å². The van der Waals surface area contributed by atoms with Crippen molar-refractivity contribution in [3.05, 3.63) is 30.3 Å². The van der Waals surface area contributed by atoms with E-state index in [0.29, 0.717) is 6.04 Å². The first kappa shape index (κ1) is 14.8. The van der Waals surface area contributed by atoms with E-state index in [1.54, 1.807) is 0 Å². The highest BCUT2D eigenvalue weighted by Crippen LogP contribution is 2.32. The Morgan fingerprint density at radius 1 is 1.09 bits per heavy atom. The van der Waals surface area contributed by atoms with E-state index >= 15 is 0 Å². The van der Waals surface area contributed by atoms with Crippen LogP contribution >= 0.6 is 0 Å². The van der Waals surface area contributed by atoms with Crippen LogP contribution in [-0.4, -0.2) is 43.9 Å². The van der Waals surface area contributed by atoms with Crippen LogP contribution in [0.5, 0.6) is 0 Å². The van der Waals surface area contributed by atoms with Crippen LogP contribution < -0.4 is 9.80 Å². The van der Waals surface area contributed by atoms with Crippen molar-refractivity contribution in [2.75, 3.05) is 42.6 Å². The second-order valence-corrected chi connectivity index (χ2v) is 6.65. The first-order chi connectivity index (χ1) is 11.3. The Hall–Kier alpha value is -1.81. The number of anilines is 2. The molecule has 1 aromatic carbocycles. The predicted octanol–water partition coefficient (Wildman–Crippen LogP) is 3.45. The van der Waals surface area contributed by atoms with Crippen LogP contribution in [0.3, 0.4) is 0 Å². The average molecular weight is 311 g/mol. The fourth-order valence-corrected chi connectivity index (χ4v) is 3.79. The van der Waals surface area contributed by atoms with Gasteiger partial charge in [0.05, 0.1) is 18.7 Å². The number of hydrogen-bond acceptors (Lipinski definition) is 4. The number of aromatic nitrogens is 1. The van der Waals surface area contributed by atoms with Gasteiger partial charge in [0.1, 0.15) is 5.82 Å². The van der Waals surface area contributed by atoms with Crippen molar-refractivity contribution < 1.29 is 4.74 Å². The van der Waals surface area contributed by atoms with Crippen LogP contribution in [0, 0.1) is 0 Å². The number of morpholine rings is 1. The van der Waals surface area contributed by atoms with Gasteiger partial charge in [0, 0.05) is 42.8 Å². The minimum absolute atomic E-state index is 0.579. The summed E-state index contributed by atoms with van der Waals surface area (Å²) in [5.74, 6) is 1.14. The van der Waals surface area contributed by atoms with Gasteiger partial charge in [-0.25, -0.2) is 4.98 Å². The summed E-state index contributed by atoms with van der Waals surface area (Å²) in [4.78, 5) is 9.91. The Balaban J connectivity index is 1.79. The Labute approximate surface area is 138 Å². The second kappa shape index (κ2) is 6.36. The van der Waals surface area contributed by atoms with Crippen molar-refractivity contribution in [2.24, 2.45) is 0 Å². The maximum atomic E-state index is 5.53. The van der Waals surface area contributed by atoms with Crippen molar-refractivity contribution in [1.82, 2.24) is 4.98 Å². The summed E-state index contributed by atoms with van der Waals surface area (Å²) in [6.07, 6.45) is 3.87. The molecule has 0 bridgehead atoms. The summed E-state index contributed by atoms with van der Waals surface area (Å²) < 4.78 is 5.53. The highest BCUT2D eigenvalue weighted by molar-refractivity contribution is 5.93. The van der Waals surface area contributed by atoms with E-state index in [1.807, 2.05) is 0 Å². The number of rotatable bonds is 2. The molecule has 2 aromatic rings. The summed E-state index contributed by atoms with van der Waals surface area (Å²) in [5, 5.41) is 1.25. The van der Waals surface area contributed by atoms with Crippen LogP contribution in [0.4, 0.5) is 11.5 Å². The molecule has 122 valence electrons. The molecule has 2 aliphatic rings. The second-order valence-electron chi connectivity index (χ2n) is 6.65. The number of ether oxygens (including phenoxy) is 1. The van der Waals surface area contributed by atoms with Crippen LogP contribution in [0.25, 0.3) is 10.9 Å². The standard InChI is InChI=1S/C19H25N3O/c1-15-6-4-5-9-22(15)19-14-18(21-10-12-23-13-11-21)16-7-2-3-8-17(16)20-19/h2-3,7-8,14-15H,4-6,9-13H2,1H3. The fourth-order valence-electron chi connectivity index (χ4n) is 3.79. The molecule has 2 fully saturated rings. The lowest BCUT2D eigenvalue weighted by atomic mass is 10.0. The largest absolute Gasteiger partial charge is 0.378 e. The third kappa shape index (κ3) is 2.88. The zero-order chi connectivity index (χ0) is 15.6. The summed E-state index contributed by atoms with van der Waals surface area (Å²) >= 11 is 0. The number of benzene rings is 1. The van der Waals surface area contributed by atoms with E-state index in [1.165, 1.54) is 30.3 Å². The van der Waals surface area contributed by atoms with E-state index in [2.05, 4.69) is 47.1 Å². The predicted molar refractivity (Wildman–Crippen MR) is 95.4 cm³/mol. The zero-order valence-electron chi connectivity index (χ0n) is 13.9. The lowest BCUT2D eigenvalue weighted by Crippen LogP contribution is -2.39. The van der Waals surface area contributed by atoms with Gasteiger partial charge in [-0.3, -0.25) is 0 Å². The molecule has 0 radical (unpaired) electrons. The van der Waals surface area contributed by atoms with E-state index in [4.69, 9.17) is 9.72 Å². The van der Waals surface area contributed by atoms with E-state index in [9.17, 15) is 0 Å². The van der Waals surface area contributed by atoms with Crippen LogP contribution in [0.15, 0.2) is 30.3 Å². The summed E-state index contributed by atoms with van der Waals surface area (Å²) in [6, 6.07) is 11.4. The molecule has 2 saturated heterocycles. The highest BCUT2D eigenvalue weighted by atomic mass is 16.5. The zero-order valence-corrected chi connectivity index (χ0v) is 13.9. The Bertz CT molecular complexity index is 681. The van der Waals surface area contributed by atoms with Crippen LogP contribution in [0.1, 0.15) is 26.2 Å². The van der Waals surface area contributed by atoms with Gasteiger partial charge in [-0.15, -0.1) is 0 Å². The molecule has 23 heavy (non-hydrogen) atoms. The van der Waals surface area contributed by atoms with Gasteiger partial charge >= 0.3 is 0 Å². The van der Waals surface area contributed by atoms with Gasteiger partial charge in [-0.1, -0.05) is 18.2 Å². The van der Waals surface area contributed by atoms with Crippen molar-refractivity contribution in [1.29, 1.82) is 0 Å². The lowest BCUT2D eigenvalue weighted by molar-refractivity contribution is 0.123. The van der Waals surface area contributed by atoms with Crippen molar-refractivity contribution in [2.45, 2.75) is 32.2 Å². The van der Waals surface area contributed by atoms with E-state index in [-0.39, 0.29) is 0 Å². The molecule has 0 spiro atoms. The maximum absolute atomic E-state index is 5.53. The third-order valence-corrected chi connectivity index (χ3v) is 5.13. The number of para-hydroxylation sites is 1. The molecular weight excluding hydrogens is 286 g/mol. The maximum Gasteiger partial charge on any atom is 0.131 e. The van der Waals surface area contributed by atoms with Crippen molar-refractivity contribution in [3.63, 3.8) is 0 Å². The number of pyridine rings is 1. The molecule has 4 rings (SSSR count). The Kier molecular flexibility index (Phi) is 4.08. The molecule has 1 unspecified atom stereocenters. The summed E-state index contributed by atoms with van der Waals surface area (Å²) in [6.45, 7) is 6.99. The summed E-state index contributed by atoms with van der Waals surface area (Å²) in [5.41, 5.74) is 2.41. The minimum atomic E-state index is 0.579. The van der Waals surface area contributed by atoms with E-state index < -0.39 is 0 Å². The lowest BCUT2D eigenvalue weighted by Gasteiger charge is -2.36. The number of fused-ring (bicyclic) bond motifs is 1. The minimum Gasteiger partial charge on any atom is -0.378 e. The fraction of sp³-hybridized carbons (Fsp3) is 0.526. The van der Waals surface area contributed by atoms with Gasteiger partial charge in [0.2, 0.25) is 0 Å². The third-order valence-electron chi connectivity index (χ3n) is 5.13. The molecule has 2 aliphatic heterocycles. The first-order valence-corrected chi connectivity index (χ1v) is 8.82. The smallest absolute Gasteiger partial charge is 0.131 e. The van der Waals surface area contributed by atoms with Gasteiger partial charge in [0.15, 0.2) is 0 Å². The topological polar surface area (TPSA) is 28.6 Å². The molecule has 0 aliphatic carbocycles. The molecule has 4 heteroatoms. The monoisotopic (exact) mass is 311 g/mol. The molecule has 1 aromatic heterocycles. The summed E-state index contributed by atoms with van der Waals surface area (Å²) in [7, 11) is 0. The SMILES string of the molecule is CC1CCCCN1c1cc(N2CCOCC2)c2ccccc2n1. The quantitative estimate of drug-likeness (QED) is 0.849. The van der Waals surface area contributed by atoms with Crippen LogP contribution in [-0.2, 0) is 4.74 Å². The molecular formula is C19H25N3O. The van der Waals surface area contributed by atoms with E-state index in [0.717, 1.165) is 44.2 Å². The molecule has 1 atom stereocenters. The number of hydrogen-bond donors (Lipinski definition) is 0. The Morgan fingerprint density at radius 3 is 2.74 bits per heavy atom. The molecule has 4 nitrogen and oxygen atoms in total. The normalized spacial score (nSPS) is 22.6. The van der Waals surface area contributed by atoms with Gasteiger partial charge in [-0.05, 0) is 32.3 Å².